The summed E-state index contributed by atoms with van der Waals surface area (Å²) in [7, 11) is -1.69. The van der Waals surface area contributed by atoms with Gasteiger partial charge in [-0.2, -0.15) is 0 Å². The van der Waals surface area contributed by atoms with Crippen molar-refractivity contribution in [3.63, 3.8) is 0 Å². The van der Waals surface area contributed by atoms with Gasteiger partial charge < -0.3 is 0 Å². The predicted octanol–water partition coefficient (Wildman–Crippen LogP) is 9.40. The van der Waals surface area contributed by atoms with Crippen molar-refractivity contribution in [3.05, 3.63) is 158 Å². The van der Waals surface area contributed by atoms with Crippen molar-refractivity contribution in [3.8, 4) is 56.2 Å². The zero-order valence-corrected chi connectivity index (χ0v) is 26.6. The van der Waals surface area contributed by atoms with Crippen molar-refractivity contribution < 1.29 is 0 Å². The topological polar surface area (TPSA) is 25.8 Å². The van der Waals surface area contributed by atoms with Crippen LogP contribution in [0.15, 0.2) is 158 Å². The minimum Gasteiger partial charge on any atom is -0.228 e. The van der Waals surface area contributed by atoms with E-state index < -0.39 is 8.80 Å². The Morgan fingerprint density at radius 3 is 1.50 bits per heavy atom. The fraction of sp³-hybridized carbons (Fsp3) is 0.0233. The number of nitrogens with zero attached hydrogens (tertiary/aromatic N) is 2. The quantitative estimate of drug-likeness (QED) is 0.148. The van der Waals surface area contributed by atoms with Gasteiger partial charge in [-0.05, 0) is 66.3 Å². The first kappa shape index (κ1) is 26.7. The average molecular weight is 603 g/mol. The van der Waals surface area contributed by atoms with Gasteiger partial charge in [0, 0.05) is 16.7 Å². The standard InChI is InChI=1S/C43H30N2Si/c1-46-41-37-25-11-9-23-35(37)34-22-8-10-24-36(34)38(41)40-42(46)39(44-43(45-40)29-16-6-3-7-17-29)33-21-13-20-32(27-33)31-19-12-18-30(26-31)28-14-4-2-5-15-28/h2-27,46H,1H3. The number of hydrogen-bond donors (Lipinski definition) is 0. The molecule has 7 aromatic carbocycles. The van der Waals surface area contributed by atoms with Gasteiger partial charge in [-0.25, -0.2) is 9.97 Å². The molecule has 2 heterocycles. The summed E-state index contributed by atoms with van der Waals surface area (Å²) in [6.45, 7) is 2.47. The van der Waals surface area contributed by atoms with Gasteiger partial charge in [0.2, 0.25) is 0 Å². The maximum atomic E-state index is 5.41. The molecule has 1 atom stereocenters. The van der Waals surface area contributed by atoms with Crippen LogP contribution in [0, 0.1) is 0 Å². The third kappa shape index (κ3) is 4.24. The Hall–Kier alpha value is -5.64. The fourth-order valence-electron chi connectivity index (χ4n) is 7.38. The van der Waals surface area contributed by atoms with E-state index in [-0.39, 0.29) is 0 Å². The van der Waals surface area contributed by atoms with Crippen molar-refractivity contribution in [2.75, 3.05) is 0 Å². The zero-order valence-electron chi connectivity index (χ0n) is 25.5. The zero-order chi connectivity index (χ0) is 30.6. The van der Waals surface area contributed by atoms with E-state index in [4.69, 9.17) is 9.97 Å². The Kier molecular flexibility index (Phi) is 6.25. The molecular weight excluding hydrogens is 573 g/mol. The molecule has 1 aromatic heterocycles. The lowest BCUT2D eigenvalue weighted by molar-refractivity contribution is 1.20. The second-order valence-corrected chi connectivity index (χ2v) is 14.8. The lowest BCUT2D eigenvalue weighted by atomic mass is 9.94. The summed E-state index contributed by atoms with van der Waals surface area (Å²) in [4.78, 5) is 10.8. The average Bonchev–Trinajstić information content (AvgIpc) is 3.44. The van der Waals surface area contributed by atoms with Gasteiger partial charge >= 0.3 is 0 Å². The van der Waals surface area contributed by atoms with E-state index in [1.54, 1.807) is 0 Å². The molecule has 46 heavy (non-hydrogen) atoms. The van der Waals surface area contributed by atoms with Crippen LogP contribution in [0.3, 0.4) is 0 Å². The smallest absolute Gasteiger partial charge is 0.160 e. The fourth-order valence-corrected chi connectivity index (χ4v) is 10.4. The molecule has 216 valence electrons. The molecule has 0 fully saturated rings. The van der Waals surface area contributed by atoms with E-state index in [0.29, 0.717) is 0 Å². The van der Waals surface area contributed by atoms with Crippen molar-refractivity contribution in [1.29, 1.82) is 0 Å². The molecule has 0 bridgehead atoms. The third-order valence-corrected chi connectivity index (χ3v) is 12.4. The molecule has 1 aliphatic rings. The number of rotatable bonds is 4. The van der Waals surface area contributed by atoms with Crippen molar-refractivity contribution in [2.24, 2.45) is 0 Å². The van der Waals surface area contributed by atoms with Crippen molar-refractivity contribution >= 4 is 40.7 Å². The number of benzene rings is 7. The molecule has 1 unspecified atom stereocenters. The lowest BCUT2D eigenvalue weighted by Crippen LogP contribution is -2.37. The lowest BCUT2D eigenvalue weighted by Gasteiger charge is -2.15. The Bertz CT molecular complexity index is 2430. The van der Waals surface area contributed by atoms with Crippen molar-refractivity contribution in [2.45, 2.75) is 6.55 Å². The van der Waals surface area contributed by atoms with Gasteiger partial charge in [-0.15, -0.1) is 0 Å². The maximum Gasteiger partial charge on any atom is 0.160 e. The number of fused-ring (bicyclic) bond motifs is 8. The van der Waals surface area contributed by atoms with Gasteiger partial charge in [0.15, 0.2) is 5.82 Å². The van der Waals surface area contributed by atoms with E-state index in [2.05, 4.69) is 164 Å². The molecule has 2 nitrogen and oxygen atoms in total. The number of aromatic nitrogens is 2. The van der Waals surface area contributed by atoms with Crippen LogP contribution in [-0.2, 0) is 0 Å². The Morgan fingerprint density at radius 2 is 0.826 bits per heavy atom. The van der Waals surface area contributed by atoms with E-state index in [1.807, 2.05) is 0 Å². The van der Waals surface area contributed by atoms with E-state index in [9.17, 15) is 0 Å². The highest BCUT2D eigenvalue weighted by Gasteiger charge is 2.35. The molecule has 0 saturated heterocycles. The van der Waals surface area contributed by atoms with Crippen LogP contribution in [0.25, 0.3) is 77.7 Å². The molecule has 0 amide bonds. The summed E-state index contributed by atoms with van der Waals surface area (Å²) in [5, 5.41) is 8.06. The molecule has 0 saturated carbocycles. The van der Waals surface area contributed by atoms with Crippen LogP contribution in [0.5, 0.6) is 0 Å². The summed E-state index contributed by atoms with van der Waals surface area (Å²) in [6.07, 6.45) is 0. The minimum atomic E-state index is -1.69. The van der Waals surface area contributed by atoms with Crippen LogP contribution in [-0.4, -0.2) is 18.8 Å². The van der Waals surface area contributed by atoms with Gasteiger partial charge in [-0.1, -0.05) is 152 Å². The van der Waals surface area contributed by atoms with Crippen molar-refractivity contribution in [1.82, 2.24) is 9.97 Å². The molecule has 0 spiro atoms. The van der Waals surface area contributed by atoms with Gasteiger partial charge in [-0.3, -0.25) is 0 Å². The van der Waals surface area contributed by atoms with Crippen LogP contribution >= 0.6 is 0 Å². The number of hydrogen-bond acceptors (Lipinski definition) is 2. The SMILES string of the molecule is C[SiH]1c2c(-c3cccc(-c4cccc(-c5ccccc5)c4)c3)nc(-c3ccccc3)nc2-c2c1c1ccccc1c1ccccc21. The van der Waals surface area contributed by atoms with E-state index >= 15 is 0 Å². The highest BCUT2D eigenvalue weighted by molar-refractivity contribution is 6.91. The predicted molar refractivity (Wildman–Crippen MR) is 197 cm³/mol. The van der Waals surface area contributed by atoms with Crippen LogP contribution in [0.1, 0.15) is 0 Å². The maximum absolute atomic E-state index is 5.41. The largest absolute Gasteiger partial charge is 0.228 e. The summed E-state index contributed by atoms with van der Waals surface area (Å²) < 4.78 is 0. The molecule has 0 aliphatic carbocycles. The minimum absolute atomic E-state index is 0.775. The highest BCUT2D eigenvalue weighted by Crippen LogP contribution is 2.39. The molecule has 3 heteroatoms. The second kappa shape index (κ2) is 10.8. The normalized spacial score (nSPS) is 13.5. The first-order valence-corrected chi connectivity index (χ1v) is 18.2. The molecule has 0 N–H and O–H groups in total. The third-order valence-electron chi connectivity index (χ3n) is 9.49. The van der Waals surface area contributed by atoms with E-state index in [0.717, 1.165) is 28.3 Å². The van der Waals surface area contributed by atoms with Gasteiger partial charge in [0.05, 0.1) is 11.4 Å². The Labute approximate surface area is 270 Å². The van der Waals surface area contributed by atoms with Crippen LogP contribution in [0.4, 0.5) is 0 Å². The molecule has 9 rings (SSSR count). The monoisotopic (exact) mass is 602 g/mol. The van der Waals surface area contributed by atoms with Gasteiger partial charge in [0.25, 0.3) is 0 Å². The second-order valence-electron chi connectivity index (χ2n) is 12.2. The highest BCUT2D eigenvalue weighted by atomic mass is 28.3. The van der Waals surface area contributed by atoms with E-state index in [1.165, 1.54) is 59.7 Å². The summed E-state index contributed by atoms with van der Waals surface area (Å²) >= 11 is 0. The van der Waals surface area contributed by atoms with Gasteiger partial charge in [0.1, 0.15) is 8.80 Å². The summed E-state index contributed by atoms with van der Waals surface area (Å²) in [5.41, 5.74) is 10.5. The Balaban J connectivity index is 1.29. The Morgan fingerprint density at radius 1 is 0.370 bits per heavy atom. The molecule has 0 radical (unpaired) electrons. The first-order valence-electron chi connectivity index (χ1n) is 15.9. The summed E-state index contributed by atoms with van der Waals surface area (Å²) in [6, 6.07) is 56.6. The molecular formula is C43H30N2Si. The first-order chi connectivity index (χ1) is 22.7. The van der Waals surface area contributed by atoms with Crippen LogP contribution in [0.2, 0.25) is 6.55 Å². The van der Waals surface area contributed by atoms with Crippen LogP contribution < -0.4 is 10.4 Å². The molecule has 8 aromatic rings. The molecule has 1 aliphatic heterocycles. The summed E-state index contributed by atoms with van der Waals surface area (Å²) in [5.74, 6) is 0.775.